The van der Waals surface area contributed by atoms with Gasteiger partial charge in [-0.3, -0.25) is 4.79 Å². The Hall–Kier alpha value is -1.63. The van der Waals surface area contributed by atoms with Crippen molar-refractivity contribution < 1.29 is 17.6 Å². The fourth-order valence-electron chi connectivity index (χ4n) is 1.58. The van der Waals surface area contributed by atoms with E-state index < -0.39 is 26.5 Å². The highest BCUT2D eigenvalue weighted by molar-refractivity contribution is 7.98. The van der Waals surface area contributed by atoms with Gasteiger partial charge < -0.3 is 5.73 Å². The highest BCUT2D eigenvalue weighted by atomic mass is 32.2. The number of carbonyl (C=O) groups excluding carboxylic acids is 1. The van der Waals surface area contributed by atoms with E-state index in [1.807, 2.05) is 0 Å². The summed E-state index contributed by atoms with van der Waals surface area (Å²) in [4.78, 5) is 11.7. The van der Waals surface area contributed by atoms with E-state index in [0.717, 1.165) is 12.1 Å². The van der Waals surface area contributed by atoms with E-state index in [1.165, 1.54) is 19.9 Å². The Morgan fingerprint density at radius 1 is 1.35 bits per heavy atom. The van der Waals surface area contributed by atoms with Crippen LogP contribution in [0.1, 0.15) is 13.8 Å². The van der Waals surface area contributed by atoms with Crippen molar-refractivity contribution in [2.45, 2.75) is 18.6 Å². The number of benzene rings is 1. The monoisotopic (exact) mass is 258 g/mol. The lowest BCUT2D eigenvalue weighted by Gasteiger charge is -2.43. The summed E-state index contributed by atoms with van der Waals surface area (Å²) in [6.45, 7) is 2.60. The molecule has 2 N–H and O–H groups in total. The third-order valence-electron chi connectivity index (χ3n) is 2.80. The summed E-state index contributed by atoms with van der Waals surface area (Å²) < 4.78 is 35.9. The van der Waals surface area contributed by atoms with Crippen LogP contribution < -0.4 is 10.0 Å². The summed E-state index contributed by atoms with van der Waals surface area (Å²) in [5, 5.41) is 0. The predicted octanol–water partition coefficient (Wildman–Crippen LogP) is 0.863. The van der Waals surface area contributed by atoms with E-state index in [2.05, 4.69) is 0 Å². The molecule has 92 valence electrons. The largest absolute Gasteiger partial charge is 0.397 e. The van der Waals surface area contributed by atoms with Crippen LogP contribution in [-0.4, -0.2) is 19.1 Å². The molecule has 1 saturated heterocycles. The van der Waals surface area contributed by atoms with Gasteiger partial charge in [-0.2, -0.15) is 0 Å². The average Bonchev–Trinajstić information content (AvgIpc) is 2.22. The fraction of sp³-hybridized carbons (Fsp3) is 0.300. The molecule has 0 atom stereocenters. The van der Waals surface area contributed by atoms with Crippen LogP contribution in [0.15, 0.2) is 18.2 Å². The van der Waals surface area contributed by atoms with Crippen LogP contribution in [0, 0.1) is 5.82 Å². The minimum absolute atomic E-state index is 0.0406. The van der Waals surface area contributed by atoms with E-state index in [0.29, 0.717) is 4.31 Å². The summed E-state index contributed by atoms with van der Waals surface area (Å²) in [7, 11) is -3.80. The minimum atomic E-state index is -3.80. The standard InChI is InChI=1S/C10H11FN2O3S/c1-10(2)9(14)13(17(10,15)16)8-5-6(11)3-4-7(8)12/h3-5H,12H2,1-2H3. The van der Waals surface area contributed by atoms with Crippen molar-refractivity contribution in [1.82, 2.24) is 0 Å². The van der Waals surface area contributed by atoms with E-state index in [9.17, 15) is 17.6 Å². The smallest absolute Gasteiger partial charge is 0.263 e. The molecule has 1 fully saturated rings. The molecule has 7 heteroatoms. The molecule has 1 aromatic carbocycles. The molecule has 1 aliphatic rings. The zero-order chi connectivity index (χ0) is 13.0. The lowest BCUT2D eigenvalue weighted by molar-refractivity contribution is -0.120. The van der Waals surface area contributed by atoms with Gasteiger partial charge in [0.15, 0.2) is 4.75 Å². The molecule has 1 amide bonds. The van der Waals surface area contributed by atoms with Gasteiger partial charge in [0.2, 0.25) is 0 Å². The van der Waals surface area contributed by atoms with Crippen LogP contribution in [0.5, 0.6) is 0 Å². The second-order valence-electron chi connectivity index (χ2n) is 4.29. The molecule has 1 aromatic rings. The molecule has 0 aliphatic carbocycles. The highest BCUT2D eigenvalue weighted by Crippen LogP contribution is 2.41. The molecule has 0 radical (unpaired) electrons. The number of nitrogens with two attached hydrogens (primary N) is 1. The van der Waals surface area contributed by atoms with Gasteiger partial charge in [0.25, 0.3) is 15.9 Å². The Labute approximate surface area is 98.1 Å². The number of hydrogen-bond acceptors (Lipinski definition) is 4. The lowest BCUT2D eigenvalue weighted by Crippen LogP contribution is -2.67. The Bertz CT molecular complexity index is 610. The van der Waals surface area contributed by atoms with Gasteiger partial charge in [-0.1, -0.05) is 0 Å². The number of anilines is 2. The minimum Gasteiger partial charge on any atom is -0.397 e. The Morgan fingerprint density at radius 2 is 1.94 bits per heavy atom. The quantitative estimate of drug-likeness (QED) is 0.758. The first-order valence-electron chi connectivity index (χ1n) is 4.84. The number of rotatable bonds is 1. The van der Waals surface area contributed by atoms with Crippen molar-refractivity contribution in [3.8, 4) is 0 Å². The van der Waals surface area contributed by atoms with E-state index in [1.54, 1.807) is 0 Å². The first-order valence-corrected chi connectivity index (χ1v) is 6.28. The number of sulfonamides is 1. The number of carbonyl (C=O) groups is 1. The Kier molecular flexibility index (Phi) is 2.22. The van der Waals surface area contributed by atoms with Gasteiger partial charge in [0.05, 0.1) is 11.4 Å². The van der Waals surface area contributed by atoms with Crippen molar-refractivity contribution in [1.29, 1.82) is 0 Å². The Morgan fingerprint density at radius 3 is 2.47 bits per heavy atom. The van der Waals surface area contributed by atoms with Crippen molar-refractivity contribution in [2.75, 3.05) is 10.0 Å². The zero-order valence-corrected chi connectivity index (χ0v) is 10.1. The van der Waals surface area contributed by atoms with Gasteiger partial charge in [0, 0.05) is 6.07 Å². The third-order valence-corrected chi connectivity index (χ3v) is 5.10. The molecule has 0 aromatic heterocycles. The first-order chi connectivity index (χ1) is 7.69. The lowest BCUT2D eigenvalue weighted by atomic mass is 10.1. The van der Waals surface area contributed by atoms with Crippen molar-refractivity contribution in [3.63, 3.8) is 0 Å². The molecule has 0 unspecified atom stereocenters. The van der Waals surface area contributed by atoms with E-state index in [4.69, 9.17) is 5.73 Å². The summed E-state index contributed by atoms with van der Waals surface area (Å²) in [5.41, 5.74) is 5.46. The van der Waals surface area contributed by atoms with Gasteiger partial charge in [-0.25, -0.2) is 17.1 Å². The maximum absolute atomic E-state index is 13.1. The Balaban J connectivity index is 2.58. The topological polar surface area (TPSA) is 80.5 Å². The third kappa shape index (κ3) is 1.35. The van der Waals surface area contributed by atoms with Gasteiger partial charge in [0.1, 0.15) is 5.82 Å². The SMILES string of the molecule is CC1(C)C(=O)N(c2cc(F)ccc2N)S1(=O)=O. The number of hydrogen-bond donors (Lipinski definition) is 1. The fourth-order valence-corrected chi connectivity index (χ4v) is 3.08. The highest BCUT2D eigenvalue weighted by Gasteiger charge is 2.61. The molecule has 1 heterocycles. The first kappa shape index (κ1) is 11.8. The molecule has 0 saturated carbocycles. The van der Waals surface area contributed by atoms with Crippen LogP contribution in [0.4, 0.5) is 15.8 Å². The van der Waals surface area contributed by atoms with Crippen molar-refractivity contribution >= 4 is 27.3 Å². The van der Waals surface area contributed by atoms with Gasteiger partial charge in [-0.05, 0) is 26.0 Å². The molecular weight excluding hydrogens is 247 g/mol. The maximum Gasteiger partial charge on any atom is 0.263 e. The number of nitrogen functional groups attached to an aromatic ring is 1. The molecular formula is C10H11FN2O3S. The van der Waals surface area contributed by atoms with Crippen molar-refractivity contribution in [2.24, 2.45) is 0 Å². The number of halogens is 1. The van der Waals surface area contributed by atoms with Crippen LogP contribution in [-0.2, 0) is 14.8 Å². The number of amides is 1. The molecule has 0 spiro atoms. The summed E-state index contributed by atoms with van der Waals surface area (Å²) in [5.74, 6) is -1.27. The second kappa shape index (κ2) is 3.19. The van der Waals surface area contributed by atoms with E-state index >= 15 is 0 Å². The van der Waals surface area contributed by atoms with Crippen LogP contribution in [0.2, 0.25) is 0 Å². The number of nitrogens with zero attached hydrogens (tertiary/aromatic N) is 1. The molecule has 2 rings (SSSR count). The predicted molar refractivity (Wildman–Crippen MR) is 61.3 cm³/mol. The summed E-state index contributed by atoms with van der Waals surface area (Å²) in [6, 6.07) is 3.25. The summed E-state index contributed by atoms with van der Waals surface area (Å²) >= 11 is 0. The molecule has 0 bridgehead atoms. The maximum atomic E-state index is 13.1. The van der Waals surface area contributed by atoms with Crippen molar-refractivity contribution in [3.05, 3.63) is 24.0 Å². The zero-order valence-electron chi connectivity index (χ0n) is 9.27. The van der Waals surface area contributed by atoms with Crippen LogP contribution in [0.3, 0.4) is 0 Å². The average molecular weight is 258 g/mol. The van der Waals surface area contributed by atoms with Crippen LogP contribution in [0.25, 0.3) is 0 Å². The summed E-state index contributed by atoms with van der Waals surface area (Å²) in [6.07, 6.45) is 0. The van der Waals surface area contributed by atoms with Gasteiger partial charge >= 0.3 is 0 Å². The van der Waals surface area contributed by atoms with Crippen LogP contribution >= 0.6 is 0 Å². The second-order valence-corrected chi connectivity index (χ2v) is 6.62. The normalized spacial score (nSPS) is 21.1. The van der Waals surface area contributed by atoms with E-state index in [-0.39, 0.29) is 11.4 Å². The molecule has 5 nitrogen and oxygen atoms in total. The van der Waals surface area contributed by atoms with Gasteiger partial charge in [-0.15, -0.1) is 0 Å². The molecule has 1 aliphatic heterocycles. The molecule has 17 heavy (non-hydrogen) atoms.